The van der Waals surface area contributed by atoms with Crippen LogP contribution in [0.25, 0.3) is 10.9 Å². The lowest BCUT2D eigenvalue weighted by atomic mass is 10.0. The largest absolute Gasteiger partial charge is 0.469 e. The summed E-state index contributed by atoms with van der Waals surface area (Å²) in [5, 5.41) is 21.0. The molecule has 0 aliphatic carbocycles. The zero-order chi connectivity index (χ0) is 14.7. The van der Waals surface area contributed by atoms with Crippen molar-refractivity contribution in [3.05, 3.63) is 41.0 Å². The number of methoxy groups -OCH3 is 1. The Kier molecular flexibility index (Phi) is 4.54. The van der Waals surface area contributed by atoms with E-state index in [1.54, 1.807) is 30.3 Å². The standard InChI is InChI=1S/C14H14ClNO4/c1-20-13(18)7-11(17)14(19)9-2-4-10-8(6-9)3-5-12(15)16-10/h2-6,11,14,17,19H,7H2,1H3. The van der Waals surface area contributed by atoms with Gasteiger partial charge in [-0.25, -0.2) is 4.98 Å². The van der Waals surface area contributed by atoms with Crippen molar-refractivity contribution >= 4 is 28.5 Å². The number of esters is 1. The highest BCUT2D eigenvalue weighted by Crippen LogP contribution is 2.24. The second-order valence-electron chi connectivity index (χ2n) is 4.38. The maximum atomic E-state index is 11.1. The van der Waals surface area contributed by atoms with Crippen LogP contribution in [-0.2, 0) is 9.53 Å². The van der Waals surface area contributed by atoms with E-state index >= 15 is 0 Å². The zero-order valence-electron chi connectivity index (χ0n) is 10.8. The molecule has 5 nitrogen and oxygen atoms in total. The molecule has 0 radical (unpaired) electrons. The van der Waals surface area contributed by atoms with Crippen LogP contribution in [0.1, 0.15) is 18.1 Å². The molecule has 6 heteroatoms. The average Bonchev–Trinajstić information content (AvgIpc) is 2.45. The van der Waals surface area contributed by atoms with E-state index in [1.165, 1.54) is 7.11 Å². The van der Waals surface area contributed by atoms with Gasteiger partial charge < -0.3 is 14.9 Å². The van der Waals surface area contributed by atoms with Crippen LogP contribution in [-0.4, -0.2) is 34.4 Å². The number of rotatable bonds is 4. The van der Waals surface area contributed by atoms with E-state index in [2.05, 4.69) is 9.72 Å². The molecule has 2 aromatic rings. The topological polar surface area (TPSA) is 79.7 Å². The van der Waals surface area contributed by atoms with Crippen LogP contribution in [0.3, 0.4) is 0 Å². The van der Waals surface area contributed by atoms with Gasteiger partial charge in [0.2, 0.25) is 0 Å². The van der Waals surface area contributed by atoms with Crippen molar-refractivity contribution in [2.75, 3.05) is 7.11 Å². The van der Waals surface area contributed by atoms with Crippen molar-refractivity contribution < 1.29 is 19.7 Å². The number of hydrogen-bond acceptors (Lipinski definition) is 5. The summed E-state index contributed by atoms with van der Waals surface area (Å²) in [4.78, 5) is 15.2. The SMILES string of the molecule is COC(=O)CC(O)C(O)c1ccc2nc(Cl)ccc2c1. The van der Waals surface area contributed by atoms with Gasteiger partial charge in [-0.1, -0.05) is 17.7 Å². The first kappa shape index (κ1) is 14.7. The molecule has 0 saturated heterocycles. The highest BCUT2D eigenvalue weighted by molar-refractivity contribution is 6.29. The molecule has 2 atom stereocenters. The maximum absolute atomic E-state index is 11.1. The second-order valence-corrected chi connectivity index (χ2v) is 4.77. The normalized spacial score (nSPS) is 14.0. The van der Waals surface area contributed by atoms with Gasteiger partial charge in [0.25, 0.3) is 0 Å². The number of aliphatic hydroxyl groups excluding tert-OH is 2. The van der Waals surface area contributed by atoms with Gasteiger partial charge in [0.15, 0.2) is 0 Å². The number of fused-ring (bicyclic) bond motifs is 1. The molecule has 0 saturated carbocycles. The third-order valence-electron chi connectivity index (χ3n) is 2.99. The number of pyridine rings is 1. The summed E-state index contributed by atoms with van der Waals surface area (Å²) in [6, 6.07) is 8.45. The van der Waals surface area contributed by atoms with Crippen molar-refractivity contribution in [1.82, 2.24) is 4.98 Å². The molecular formula is C14H14ClNO4. The zero-order valence-corrected chi connectivity index (χ0v) is 11.5. The fraction of sp³-hybridized carbons (Fsp3) is 0.286. The van der Waals surface area contributed by atoms with Gasteiger partial charge in [-0.3, -0.25) is 4.79 Å². The first-order chi connectivity index (χ1) is 9.51. The van der Waals surface area contributed by atoms with E-state index in [0.29, 0.717) is 16.2 Å². The number of carbonyl (C=O) groups is 1. The molecule has 0 spiro atoms. The number of halogens is 1. The summed E-state index contributed by atoms with van der Waals surface area (Å²) >= 11 is 5.79. The third-order valence-corrected chi connectivity index (χ3v) is 3.20. The summed E-state index contributed by atoms with van der Waals surface area (Å²) in [7, 11) is 1.23. The average molecular weight is 296 g/mol. The second kappa shape index (κ2) is 6.17. The molecule has 0 fully saturated rings. The predicted octanol–water partition coefficient (Wildman–Crippen LogP) is 1.85. The number of benzene rings is 1. The summed E-state index contributed by atoms with van der Waals surface area (Å²) in [6.45, 7) is 0. The van der Waals surface area contributed by atoms with Crippen molar-refractivity contribution in [2.45, 2.75) is 18.6 Å². The summed E-state index contributed by atoms with van der Waals surface area (Å²) in [5.74, 6) is -0.578. The quantitative estimate of drug-likeness (QED) is 0.665. The lowest BCUT2D eigenvalue weighted by Gasteiger charge is -2.17. The van der Waals surface area contributed by atoms with Crippen LogP contribution in [0.15, 0.2) is 30.3 Å². The van der Waals surface area contributed by atoms with Gasteiger partial charge in [-0.05, 0) is 29.8 Å². The number of aliphatic hydroxyl groups is 2. The molecule has 0 bridgehead atoms. The van der Waals surface area contributed by atoms with Crippen LogP contribution in [0.5, 0.6) is 0 Å². The molecule has 0 aliphatic heterocycles. The van der Waals surface area contributed by atoms with E-state index in [-0.39, 0.29) is 6.42 Å². The Bertz CT molecular complexity index is 632. The molecule has 1 aromatic carbocycles. The minimum atomic E-state index is -1.22. The first-order valence-electron chi connectivity index (χ1n) is 6.00. The number of ether oxygens (including phenoxy) is 1. The van der Waals surface area contributed by atoms with E-state index < -0.39 is 18.2 Å². The summed E-state index contributed by atoms with van der Waals surface area (Å²) in [6.07, 6.45) is -2.66. The van der Waals surface area contributed by atoms with E-state index in [1.807, 2.05) is 0 Å². The Labute approximate surface area is 120 Å². The minimum Gasteiger partial charge on any atom is -0.469 e. The minimum absolute atomic E-state index is 0.269. The van der Waals surface area contributed by atoms with Crippen LogP contribution in [0.4, 0.5) is 0 Å². The van der Waals surface area contributed by atoms with Gasteiger partial charge >= 0.3 is 5.97 Å². The molecule has 1 aromatic heterocycles. The van der Waals surface area contributed by atoms with Crippen molar-refractivity contribution in [3.8, 4) is 0 Å². The Morgan fingerprint density at radius 1 is 1.35 bits per heavy atom. The van der Waals surface area contributed by atoms with Gasteiger partial charge in [0.1, 0.15) is 11.3 Å². The molecule has 0 aliphatic rings. The van der Waals surface area contributed by atoms with E-state index in [9.17, 15) is 15.0 Å². The highest BCUT2D eigenvalue weighted by Gasteiger charge is 2.22. The Morgan fingerprint density at radius 2 is 2.10 bits per heavy atom. The fourth-order valence-corrected chi connectivity index (χ4v) is 2.05. The van der Waals surface area contributed by atoms with Crippen LogP contribution in [0, 0.1) is 0 Å². The third kappa shape index (κ3) is 3.25. The van der Waals surface area contributed by atoms with Gasteiger partial charge in [-0.2, -0.15) is 0 Å². The van der Waals surface area contributed by atoms with Crippen molar-refractivity contribution in [1.29, 1.82) is 0 Å². The number of carbonyl (C=O) groups excluding carboxylic acids is 1. The lowest BCUT2D eigenvalue weighted by molar-refractivity contribution is -0.144. The van der Waals surface area contributed by atoms with Crippen molar-refractivity contribution in [2.24, 2.45) is 0 Å². The Hall–Kier alpha value is -1.69. The Morgan fingerprint density at radius 3 is 2.80 bits per heavy atom. The van der Waals surface area contributed by atoms with Gasteiger partial charge in [0.05, 0.1) is 25.2 Å². The van der Waals surface area contributed by atoms with Crippen LogP contribution in [0.2, 0.25) is 5.15 Å². The molecular weight excluding hydrogens is 282 g/mol. The lowest BCUT2D eigenvalue weighted by Crippen LogP contribution is -2.22. The summed E-state index contributed by atoms with van der Waals surface area (Å²) < 4.78 is 4.46. The van der Waals surface area contributed by atoms with Gasteiger partial charge in [-0.15, -0.1) is 0 Å². The van der Waals surface area contributed by atoms with Crippen molar-refractivity contribution in [3.63, 3.8) is 0 Å². The molecule has 2 N–H and O–H groups in total. The number of nitrogens with zero attached hydrogens (tertiary/aromatic N) is 1. The van der Waals surface area contributed by atoms with E-state index in [0.717, 1.165) is 5.39 Å². The molecule has 20 heavy (non-hydrogen) atoms. The smallest absolute Gasteiger partial charge is 0.308 e. The fourth-order valence-electron chi connectivity index (χ4n) is 1.89. The summed E-state index contributed by atoms with van der Waals surface area (Å²) in [5.41, 5.74) is 1.19. The highest BCUT2D eigenvalue weighted by atomic mass is 35.5. The van der Waals surface area contributed by atoms with Gasteiger partial charge in [0, 0.05) is 5.39 Å². The Balaban J connectivity index is 2.23. The first-order valence-corrected chi connectivity index (χ1v) is 6.38. The monoisotopic (exact) mass is 295 g/mol. The molecule has 106 valence electrons. The number of hydrogen-bond donors (Lipinski definition) is 2. The number of aromatic nitrogens is 1. The molecule has 0 amide bonds. The van der Waals surface area contributed by atoms with E-state index in [4.69, 9.17) is 11.6 Å². The molecule has 2 rings (SSSR count). The maximum Gasteiger partial charge on any atom is 0.308 e. The predicted molar refractivity (Wildman–Crippen MR) is 74.4 cm³/mol. The molecule has 1 heterocycles. The molecule has 2 unspecified atom stereocenters. The van der Waals surface area contributed by atoms with Crippen LogP contribution < -0.4 is 0 Å². The van der Waals surface area contributed by atoms with Crippen LogP contribution >= 0.6 is 11.6 Å².